The Labute approximate surface area is 131 Å². The molecular weight excluding hydrogens is 314 g/mol. The van der Waals surface area contributed by atoms with Gasteiger partial charge in [-0.3, -0.25) is 0 Å². The maximum absolute atomic E-state index is 5.34. The van der Waals surface area contributed by atoms with Crippen molar-refractivity contribution in [3.8, 4) is 5.75 Å². The van der Waals surface area contributed by atoms with Crippen LogP contribution in [-0.4, -0.2) is 19.7 Å². The monoisotopic (exact) mass is 339 g/mol. The van der Waals surface area contributed by atoms with Crippen LogP contribution < -0.4 is 10.1 Å². The van der Waals surface area contributed by atoms with E-state index in [1.54, 1.807) is 7.11 Å². The molecule has 1 aliphatic rings. The van der Waals surface area contributed by atoms with Gasteiger partial charge in [-0.2, -0.15) is 0 Å². The largest absolute Gasteiger partial charge is 0.497 e. The Morgan fingerprint density at radius 1 is 1.35 bits per heavy atom. The predicted molar refractivity (Wildman–Crippen MR) is 88.4 cm³/mol. The zero-order valence-electron chi connectivity index (χ0n) is 12.6. The van der Waals surface area contributed by atoms with Gasteiger partial charge in [-0.15, -0.1) is 0 Å². The molecule has 0 bridgehead atoms. The summed E-state index contributed by atoms with van der Waals surface area (Å²) in [5, 5.41) is 3.66. The molecule has 0 radical (unpaired) electrons. The number of rotatable bonds is 7. The molecular formula is C17H26BrNO. The lowest BCUT2D eigenvalue weighted by Crippen LogP contribution is -2.32. The molecule has 1 aromatic carbocycles. The molecule has 0 aliphatic heterocycles. The molecule has 1 aliphatic carbocycles. The van der Waals surface area contributed by atoms with Gasteiger partial charge < -0.3 is 10.1 Å². The van der Waals surface area contributed by atoms with Gasteiger partial charge in [0, 0.05) is 10.5 Å². The smallest absolute Gasteiger partial charge is 0.119 e. The van der Waals surface area contributed by atoms with E-state index in [1.807, 2.05) is 6.07 Å². The van der Waals surface area contributed by atoms with Crippen molar-refractivity contribution >= 4 is 15.9 Å². The fourth-order valence-electron chi connectivity index (χ4n) is 3.28. The van der Waals surface area contributed by atoms with Crippen molar-refractivity contribution in [2.24, 2.45) is 5.92 Å². The van der Waals surface area contributed by atoms with Crippen LogP contribution in [0.2, 0.25) is 0 Å². The van der Waals surface area contributed by atoms with Gasteiger partial charge in [0.15, 0.2) is 0 Å². The van der Waals surface area contributed by atoms with E-state index in [0.717, 1.165) is 24.6 Å². The number of benzene rings is 1. The van der Waals surface area contributed by atoms with Crippen LogP contribution in [0.15, 0.2) is 22.7 Å². The third kappa shape index (κ3) is 4.49. The highest BCUT2D eigenvalue weighted by Gasteiger charge is 2.20. The molecule has 2 rings (SSSR count). The van der Waals surface area contributed by atoms with Crippen molar-refractivity contribution in [1.82, 2.24) is 5.32 Å². The standard InChI is InChI=1S/C17H26BrNO/c1-3-19-15(10-13-6-4-5-7-13)11-14-12-16(20-2)8-9-17(14)18/h8-9,12-13,15,19H,3-7,10-11H2,1-2H3. The van der Waals surface area contributed by atoms with Crippen molar-refractivity contribution in [2.75, 3.05) is 13.7 Å². The van der Waals surface area contributed by atoms with Crippen LogP contribution in [-0.2, 0) is 6.42 Å². The van der Waals surface area contributed by atoms with Gasteiger partial charge in [0.2, 0.25) is 0 Å². The molecule has 1 atom stereocenters. The maximum Gasteiger partial charge on any atom is 0.119 e. The van der Waals surface area contributed by atoms with Gasteiger partial charge in [-0.05, 0) is 49.1 Å². The first kappa shape index (κ1) is 15.8. The molecule has 0 amide bonds. The average molecular weight is 340 g/mol. The summed E-state index contributed by atoms with van der Waals surface area (Å²) in [6.45, 7) is 3.24. The first-order valence-electron chi connectivity index (χ1n) is 7.78. The molecule has 0 aromatic heterocycles. The zero-order chi connectivity index (χ0) is 14.4. The summed E-state index contributed by atoms with van der Waals surface area (Å²) in [6, 6.07) is 6.83. The summed E-state index contributed by atoms with van der Waals surface area (Å²) in [4.78, 5) is 0. The van der Waals surface area contributed by atoms with Gasteiger partial charge in [0.25, 0.3) is 0 Å². The molecule has 1 N–H and O–H groups in total. The number of methoxy groups -OCH3 is 1. The fraction of sp³-hybridized carbons (Fsp3) is 0.647. The topological polar surface area (TPSA) is 21.3 Å². The van der Waals surface area contributed by atoms with Gasteiger partial charge >= 0.3 is 0 Å². The van der Waals surface area contributed by atoms with E-state index in [0.29, 0.717) is 6.04 Å². The molecule has 0 heterocycles. The summed E-state index contributed by atoms with van der Waals surface area (Å²) in [5.41, 5.74) is 1.34. The van der Waals surface area contributed by atoms with Crippen LogP contribution in [0.4, 0.5) is 0 Å². The van der Waals surface area contributed by atoms with E-state index in [-0.39, 0.29) is 0 Å². The lowest BCUT2D eigenvalue weighted by molar-refractivity contribution is 0.388. The van der Waals surface area contributed by atoms with Gasteiger partial charge in [0.05, 0.1) is 7.11 Å². The quantitative estimate of drug-likeness (QED) is 0.786. The molecule has 112 valence electrons. The minimum Gasteiger partial charge on any atom is -0.497 e. The Balaban J connectivity index is 2.02. The molecule has 2 nitrogen and oxygen atoms in total. The van der Waals surface area contributed by atoms with Gasteiger partial charge in [0.1, 0.15) is 5.75 Å². The Morgan fingerprint density at radius 3 is 2.75 bits per heavy atom. The lowest BCUT2D eigenvalue weighted by atomic mass is 9.94. The van der Waals surface area contributed by atoms with Crippen LogP contribution >= 0.6 is 15.9 Å². The van der Waals surface area contributed by atoms with Crippen LogP contribution in [0.1, 0.15) is 44.6 Å². The molecule has 1 unspecified atom stereocenters. The normalized spacial score (nSPS) is 17.4. The fourth-order valence-corrected chi connectivity index (χ4v) is 3.68. The van der Waals surface area contributed by atoms with Crippen molar-refractivity contribution < 1.29 is 4.74 Å². The highest BCUT2D eigenvalue weighted by molar-refractivity contribution is 9.10. The predicted octanol–water partition coefficient (Wildman–Crippen LogP) is 4.56. The third-order valence-electron chi connectivity index (χ3n) is 4.30. The molecule has 1 aromatic rings. The Morgan fingerprint density at radius 2 is 2.10 bits per heavy atom. The first-order chi connectivity index (χ1) is 9.72. The summed E-state index contributed by atoms with van der Waals surface area (Å²) < 4.78 is 6.53. The summed E-state index contributed by atoms with van der Waals surface area (Å²) >= 11 is 3.67. The van der Waals surface area contributed by atoms with Crippen LogP contribution in [0.25, 0.3) is 0 Å². The van der Waals surface area contributed by atoms with Crippen LogP contribution in [0.3, 0.4) is 0 Å². The van der Waals surface area contributed by atoms with Crippen molar-refractivity contribution in [3.05, 3.63) is 28.2 Å². The number of halogens is 1. The SMILES string of the molecule is CCNC(Cc1cc(OC)ccc1Br)CC1CCCC1. The lowest BCUT2D eigenvalue weighted by Gasteiger charge is -2.22. The molecule has 1 fully saturated rings. The van der Waals surface area contributed by atoms with E-state index < -0.39 is 0 Å². The molecule has 3 heteroatoms. The summed E-state index contributed by atoms with van der Waals surface area (Å²) in [5.74, 6) is 1.86. The van der Waals surface area contributed by atoms with Gasteiger partial charge in [-0.1, -0.05) is 48.5 Å². The number of nitrogens with one attached hydrogen (secondary N) is 1. The number of hydrogen-bond donors (Lipinski definition) is 1. The number of hydrogen-bond acceptors (Lipinski definition) is 2. The molecule has 0 spiro atoms. The molecule has 20 heavy (non-hydrogen) atoms. The minimum absolute atomic E-state index is 0.575. The third-order valence-corrected chi connectivity index (χ3v) is 5.08. The summed E-state index contributed by atoms with van der Waals surface area (Å²) in [6.07, 6.45) is 8.06. The van der Waals surface area contributed by atoms with Crippen molar-refractivity contribution in [1.29, 1.82) is 0 Å². The second-order valence-corrected chi connectivity index (χ2v) is 6.66. The van der Waals surface area contributed by atoms with Crippen molar-refractivity contribution in [3.63, 3.8) is 0 Å². The molecule has 1 saturated carbocycles. The Kier molecular flexibility index (Phi) is 6.37. The van der Waals surface area contributed by atoms with E-state index in [2.05, 4.69) is 40.3 Å². The Bertz CT molecular complexity index is 415. The Hall–Kier alpha value is -0.540. The molecule has 0 saturated heterocycles. The number of likely N-dealkylation sites (N-methyl/N-ethyl adjacent to an activating group) is 1. The highest BCUT2D eigenvalue weighted by atomic mass is 79.9. The average Bonchev–Trinajstić information content (AvgIpc) is 2.94. The van der Waals surface area contributed by atoms with E-state index in [4.69, 9.17) is 4.74 Å². The minimum atomic E-state index is 0.575. The maximum atomic E-state index is 5.34. The van der Waals surface area contributed by atoms with Crippen LogP contribution in [0.5, 0.6) is 5.75 Å². The van der Waals surface area contributed by atoms with E-state index in [9.17, 15) is 0 Å². The highest BCUT2D eigenvalue weighted by Crippen LogP contribution is 2.30. The number of ether oxygens (including phenoxy) is 1. The summed E-state index contributed by atoms with van der Waals surface area (Å²) in [7, 11) is 1.73. The van der Waals surface area contributed by atoms with Gasteiger partial charge in [-0.25, -0.2) is 0 Å². The van der Waals surface area contributed by atoms with Crippen molar-refractivity contribution in [2.45, 2.75) is 51.5 Å². The van der Waals surface area contributed by atoms with E-state index in [1.165, 1.54) is 42.1 Å². The zero-order valence-corrected chi connectivity index (χ0v) is 14.2. The van der Waals surface area contributed by atoms with E-state index >= 15 is 0 Å². The second kappa shape index (κ2) is 8.04. The second-order valence-electron chi connectivity index (χ2n) is 5.80. The van der Waals surface area contributed by atoms with Crippen LogP contribution in [0, 0.1) is 5.92 Å². The first-order valence-corrected chi connectivity index (χ1v) is 8.58.